The summed E-state index contributed by atoms with van der Waals surface area (Å²) in [4.78, 5) is 0. The van der Waals surface area contributed by atoms with Crippen molar-refractivity contribution in [3.63, 3.8) is 0 Å². The predicted molar refractivity (Wildman–Crippen MR) is 73.4 cm³/mol. The number of aliphatic hydroxyl groups is 1. The van der Waals surface area contributed by atoms with Crippen molar-refractivity contribution in [3.05, 3.63) is 23.9 Å². The normalized spacial score (nSPS) is 13.1. The Morgan fingerprint density at radius 3 is 2.95 bits per heavy atom. The molecule has 0 spiro atoms. The summed E-state index contributed by atoms with van der Waals surface area (Å²) in [6.45, 7) is 6.69. The monoisotopic (exact) mass is 264 g/mol. The number of nitrogens with one attached hydrogen (secondary N) is 1. The minimum absolute atomic E-state index is 0.240. The van der Waals surface area contributed by atoms with Crippen molar-refractivity contribution in [1.82, 2.24) is 10.5 Å². The number of nitrogens with zero attached hydrogens (tertiary/aromatic N) is 1. The molecule has 2 aromatic rings. The van der Waals surface area contributed by atoms with Crippen LogP contribution in [0.3, 0.4) is 0 Å². The summed E-state index contributed by atoms with van der Waals surface area (Å²) in [5.74, 6) is 0.694. The number of aromatic nitrogens is 1. The molecule has 1 unspecified atom stereocenters. The summed E-state index contributed by atoms with van der Waals surface area (Å²) < 4.78 is 10.8. The van der Waals surface area contributed by atoms with Gasteiger partial charge in [-0.2, -0.15) is 0 Å². The van der Waals surface area contributed by atoms with Crippen LogP contribution in [0.25, 0.3) is 11.0 Å². The van der Waals surface area contributed by atoms with E-state index >= 15 is 0 Å². The molecule has 5 heteroatoms. The van der Waals surface area contributed by atoms with E-state index in [0.29, 0.717) is 23.9 Å². The Kier molecular flexibility index (Phi) is 4.39. The standard InChI is InChI=1S/C14H20N2O3/c1-9(2)15-7-11(17)8-18-12-5-4-6-13-14(12)10(3)16-19-13/h4-6,9,11,15,17H,7-8H2,1-3H3. The highest BCUT2D eigenvalue weighted by Gasteiger charge is 2.12. The highest BCUT2D eigenvalue weighted by molar-refractivity contribution is 5.85. The number of aliphatic hydroxyl groups excluding tert-OH is 1. The van der Waals surface area contributed by atoms with Crippen LogP contribution in [-0.2, 0) is 0 Å². The molecule has 0 aliphatic carbocycles. The molecule has 2 rings (SSSR count). The van der Waals surface area contributed by atoms with Gasteiger partial charge in [0.25, 0.3) is 0 Å². The number of rotatable bonds is 6. The molecular weight excluding hydrogens is 244 g/mol. The molecule has 1 atom stereocenters. The van der Waals surface area contributed by atoms with Crippen molar-refractivity contribution in [3.8, 4) is 5.75 Å². The Labute approximate surface area is 112 Å². The molecule has 0 fully saturated rings. The quantitative estimate of drug-likeness (QED) is 0.833. The van der Waals surface area contributed by atoms with Crippen LogP contribution in [0.2, 0.25) is 0 Å². The predicted octanol–water partition coefficient (Wildman–Crippen LogP) is 1.87. The molecule has 2 N–H and O–H groups in total. The van der Waals surface area contributed by atoms with E-state index in [1.165, 1.54) is 0 Å². The molecular formula is C14H20N2O3. The minimum Gasteiger partial charge on any atom is -0.490 e. The zero-order valence-electron chi connectivity index (χ0n) is 11.5. The number of aryl methyl sites for hydroxylation is 1. The van der Waals surface area contributed by atoms with Crippen molar-refractivity contribution in [2.24, 2.45) is 0 Å². The zero-order chi connectivity index (χ0) is 13.8. The Morgan fingerprint density at radius 2 is 2.21 bits per heavy atom. The summed E-state index contributed by atoms with van der Waals surface area (Å²) in [5, 5.41) is 17.8. The first-order chi connectivity index (χ1) is 9.08. The van der Waals surface area contributed by atoms with Crippen LogP contribution in [0.15, 0.2) is 22.7 Å². The second-order valence-electron chi connectivity index (χ2n) is 4.93. The molecule has 104 valence electrons. The third kappa shape index (κ3) is 3.45. The van der Waals surface area contributed by atoms with Crippen molar-refractivity contribution in [1.29, 1.82) is 0 Å². The molecule has 0 amide bonds. The maximum absolute atomic E-state index is 9.82. The van der Waals surface area contributed by atoms with E-state index in [1.807, 2.05) is 39.0 Å². The largest absolute Gasteiger partial charge is 0.490 e. The van der Waals surface area contributed by atoms with E-state index in [0.717, 1.165) is 11.1 Å². The molecule has 1 heterocycles. The van der Waals surface area contributed by atoms with Crippen molar-refractivity contribution >= 4 is 11.0 Å². The van der Waals surface area contributed by atoms with Crippen LogP contribution < -0.4 is 10.1 Å². The van der Waals surface area contributed by atoms with Gasteiger partial charge in [-0.3, -0.25) is 0 Å². The molecule has 0 saturated heterocycles. The van der Waals surface area contributed by atoms with Crippen LogP contribution in [0, 0.1) is 6.92 Å². The van der Waals surface area contributed by atoms with Crippen LogP contribution in [0.1, 0.15) is 19.5 Å². The van der Waals surface area contributed by atoms with Gasteiger partial charge in [0, 0.05) is 12.6 Å². The van der Waals surface area contributed by atoms with Gasteiger partial charge in [0.1, 0.15) is 18.5 Å². The van der Waals surface area contributed by atoms with E-state index in [2.05, 4.69) is 10.5 Å². The van der Waals surface area contributed by atoms with Gasteiger partial charge in [-0.1, -0.05) is 25.1 Å². The fourth-order valence-electron chi connectivity index (χ4n) is 1.84. The maximum atomic E-state index is 9.82. The van der Waals surface area contributed by atoms with Gasteiger partial charge < -0.3 is 19.7 Å². The average Bonchev–Trinajstić information content (AvgIpc) is 2.76. The Hall–Kier alpha value is -1.59. The topological polar surface area (TPSA) is 67.5 Å². The van der Waals surface area contributed by atoms with Crippen molar-refractivity contribution in [2.75, 3.05) is 13.2 Å². The molecule has 0 aliphatic rings. The molecule has 0 bridgehead atoms. The second kappa shape index (κ2) is 6.04. The van der Waals surface area contributed by atoms with Gasteiger partial charge in [-0.05, 0) is 19.1 Å². The number of ether oxygens (including phenoxy) is 1. The average molecular weight is 264 g/mol. The van der Waals surface area contributed by atoms with Crippen LogP contribution >= 0.6 is 0 Å². The third-order valence-electron chi connectivity index (χ3n) is 2.82. The first-order valence-electron chi connectivity index (χ1n) is 6.47. The van der Waals surface area contributed by atoms with E-state index in [1.54, 1.807) is 0 Å². The SMILES string of the molecule is Cc1noc2cccc(OCC(O)CNC(C)C)c12. The van der Waals surface area contributed by atoms with Gasteiger partial charge in [0.2, 0.25) is 0 Å². The summed E-state index contributed by atoms with van der Waals surface area (Å²) in [6.07, 6.45) is -0.544. The minimum atomic E-state index is -0.544. The molecule has 0 radical (unpaired) electrons. The number of fused-ring (bicyclic) bond motifs is 1. The fraction of sp³-hybridized carbons (Fsp3) is 0.500. The Bertz CT molecular complexity index is 536. The highest BCUT2D eigenvalue weighted by Crippen LogP contribution is 2.28. The maximum Gasteiger partial charge on any atom is 0.170 e. The highest BCUT2D eigenvalue weighted by atomic mass is 16.5. The Balaban J connectivity index is 2.00. The number of hydrogen-bond acceptors (Lipinski definition) is 5. The lowest BCUT2D eigenvalue weighted by Crippen LogP contribution is -2.35. The van der Waals surface area contributed by atoms with Crippen molar-refractivity contribution in [2.45, 2.75) is 32.9 Å². The van der Waals surface area contributed by atoms with E-state index in [9.17, 15) is 5.11 Å². The lowest BCUT2D eigenvalue weighted by molar-refractivity contribution is 0.105. The molecule has 0 saturated carbocycles. The first-order valence-corrected chi connectivity index (χ1v) is 6.47. The van der Waals surface area contributed by atoms with Crippen LogP contribution in [0.5, 0.6) is 5.75 Å². The van der Waals surface area contributed by atoms with Crippen LogP contribution in [-0.4, -0.2) is 35.6 Å². The van der Waals surface area contributed by atoms with Gasteiger partial charge in [0.05, 0.1) is 11.1 Å². The lowest BCUT2D eigenvalue weighted by Gasteiger charge is -2.15. The molecule has 1 aromatic carbocycles. The smallest absolute Gasteiger partial charge is 0.170 e. The molecule has 5 nitrogen and oxygen atoms in total. The Morgan fingerprint density at radius 1 is 1.42 bits per heavy atom. The summed E-state index contributed by atoms with van der Waals surface area (Å²) in [7, 11) is 0. The summed E-state index contributed by atoms with van der Waals surface area (Å²) >= 11 is 0. The van der Waals surface area contributed by atoms with Gasteiger partial charge in [-0.25, -0.2) is 0 Å². The van der Waals surface area contributed by atoms with Gasteiger partial charge >= 0.3 is 0 Å². The van der Waals surface area contributed by atoms with E-state index in [4.69, 9.17) is 9.26 Å². The van der Waals surface area contributed by atoms with Gasteiger partial charge in [-0.15, -0.1) is 0 Å². The number of hydrogen-bond donors (Lipinski definition) is 2. The summed E-state index contributed by atoms with van der Waals surface area (Å²) in [5.41, 5.74) is 1.49. The lowest BCUT2D eigenvalue weighted by atomic mass is 10.2. The first kappa shape index (κ1) is 13.8. The number of benzene rings is 1. The van der Waals surface area contributed by atoms with E-state index in [-0.39, 0.29) is 6.61 Å². The second-order valence-corrected chi connectivity index (χ2v) is 4.93. The molecule has 0 aliphatic heterocycles. The summed E-state index contributed by atoms with van der Waals surface area (Å²) in [6, 6.07) is 5.90. The zero-order valence-corrected chi connectivity index (χ0v) is 11.5. The molecule has 19 heavy (non-hydrogen) atoms. The van der Waals surface area contributed by atoms with Crippen LogP contribution in [0.4, 0.5) is 0 Å². The van der Waals surface area contributed by atoms with Crippen molar-refractivity contribution < 1.29 is 14.4 Å². The van der Waals surface area contributed by atoms with Gasteiger partial charge in [0.15, 0.2) is 5.58 Å². The molecule has 1 aromatic heterocycles. The third-order valence-corrected chi connectivity index (χ3v) is 2.82. The van der Waals surface area contributed by atoms with E-state index < -0.39 is 6.10 Å². The fourth-order valence-corrected chi connectivity index (χ4v) is 1.84.